The lowest BCUT2D eigenvalue weighted by Crippen LogP contribution is -2.60. The minimum absolute atomic E-state index is 0.100. The molecule has 0 bridgehead atoms. The highest BCUT2D eigenvalue weighted by atomic mass is 19.4. The fourth-order valence-electron chi connectivity index (χ4n) is 1.94. The highest BCUT2D eigenvalue weighted by Crippen LogP contribution is 2.53. The molecule has 0 aliphatic heterocycles. The molecule has 0 rings (SSSR count). The van der Waals surface area contributed by atoms with Crippen molar-refractivity contribution in [2.24, 2.45) is 0 Å². The summed E-state index contributed by atoms with van der Waals surface area (Å²) in [5.41, 5.74) is 0. The first-order valence-corrected chi connectivity index (χ1v) is 7.69. The second kappa shape index (κ2) is 8.99. The molecule has 0 aliphatic rings. The molecule has 0 fully saturated rings. The molecular weight excluding hydrogens is 351 g/mol. The highest BCUT2D eigenvalue weighted by Gasteiger charge is 2.81. The third-order valence-electron chi connectivity index (χ3n) is 3.47. The van der Waals surface area contributed by atoms with E-state index in [1.807, 2.05) is 6.92 Å². The van der Waals surface area contributed by atoms with E-state index in [2.05, 4.69) is 0 Å². The summed E-state index contributed by atoms with van der Waals surface area (Å²) in [5.74, 6) is -19.0. The first-order valence-electron chi connectivity index (χ1n) is 7.69. The van der Waals surface area contributed by atoms with Crippen LogP contribution < -0.4 is 0 Å². The van der Waals surface area contributed by atoms with Gasteiger partial charge in [0.1, 0.15) is 0 Å². The zero-order valence-corrected chi connectivity index (χ0v) is 13.2. The van der Waals surface area contributed by atoms with Gasteiger partial charge in [0.05, 0.1) is 0 Å². The van der Waals surface area contributed by atoms with Crippen LogP contribution in [0.3, 0.4) is 0 Å². The van der Waals surface area contributed by atoms with Crippen LogP contribution in [-0.2, 0) is 0 Å². The molecule has 0 saturated carbocycles. The van der Waals surface area contributed by atoms with Crippen molar-refractivity contribution in [1.82, 2.24) is 0 Å². The number of hydrogen-bond acceptors (Lipinski definition) is 0. The fourth-order valence-corrected chi connectivity index (χ4v) is 1.94. The number of hydrogen-bond donors (Lipinski definition) is 0. The van der Waals surface area contributed by atoms with E-state index in [-0.39, 0.29) is 6.42 Å². The van der Waals surface area contributed by atoms with Gasteiger partial charge in [0.2, 0.25) is 0 Å². The predicted molar refractivity (Wildman–Crippen MR) is 72.6 cm³/mol. The summed E-state index contributed by atoms with van der Waals surface area (Å²) in [6, 6.07) is 0. The molecule has 0 unspecified atom stereocenters. The molecule has 0 amide bonds. The van der Waals surface area contributed by atoms with Gasteiger partial charge in [-0.2, -0.15) is 39.5 Å². The summed E-state index contributed by atoms with van der Waals surface area (Å²) in [4.78, 5) is 0. The van der Waals surface area contributed by atoms with Crippen molar-refractivity contribution in [3.63, 3.8) is 0 Å². The Balaban J connectivity index is 4.51. The molecular formula is C15H21F9. The molecule has 9 heteroatoms. The standard InChI is InChI=1S/C15H21F9/c1-2-3-4-5-6-7-8-9-10-11-12(16,17)13(18,19)14(20,21)15(22,23)24/h10-11H,2-9H2,1H3. The average Bonchev–Trinajstić information content (AvgIpc) is 2.43. The van der Waals surface area contributed by atoms with Crippen LogP contribution >= 0.6 is 0 Å². The van der Waals surface area contributed by atoms with Gasteiger partial charge in [-0.15, -0.1) is 0 Å². The molecule has 0 aromatic carbocycles. The van der Waals surface area contributed by atoms with Crippen LogP contribution in [0, 0.1) is 0 Å². The van der Waals surface area contributed by atoms with Gasteiger partial charge in [0.25, 0.3) is 0 Å². The summed E-state index contributed by atoms with van der Waals surface area (Å²) in [5, 5.41) is 0. The summed E-state index contributed by atoms with van der Waals surface area (Å²) in [6.45, 7) is 2.03. The van der Waals surface area contributed by atoms with Crippen LogP contribution in [-0.4, -0.2) is 23.9 Å². The molecule has 24 heavy (non-hydrogen) atoms. The minimum atomic E-state index is -6.83. The van der Waals surface area contributed by atoms with Gasteiger partial charge < -0.3 is 0 Å². The SMILES string of the molecule is CCCCCCCCCC=CC(F)(F)C(F)(F)C(F)(F)C(F)(F)F. The molecule has 0 aromatic heterocycles. The summed E-state index contributed by atoms with van der Waals surface area (Å²) >= 11 is 0. The van der Waals surface area contributed by atoms with Crippen LogP contribution in [0.2, 0.25) is 0 Å². The Bertz CT molecular complexity index is 383. The Morgan fingerprint density at radius 2 is 1.08 bits per heavy atom. The molecule has 0 heterocycles. The number of halogens is 9. The number of unbranched alkanes of at least 4 members (excludes halogenated alkanes) is 7. The number of alkyl halides is 9. The fraction of sp³-hybridized carbons (Fsp3) is 0.867. The lowest BCUT2D eigenvalue weighted by molar-refractivity contribution is -0.388. The minimum Gasteiger partial charge on any atom is -0.195 e. The molecule has 0 spiro atoms. The second-order valence-corrected chi connectivity index (χ2v) is 5.58. The van der Waals surface area contributed by atoms with E-state index in [9.17, 15) is 39.5 Å². The van der Waals surface area contributed by atoms with Gasteiger partial charge in [-0.1, -0.05) is 51.5 Å². The topological polar surface area (TPSA) is 0 Å². The largest absolute Gasteiger partial charge is 0.460 e. The third kappa shape index (κ3) is 5.88. The van der Waals surface area contributed by atoms with Crippen LogP contribution in [0.5, 0.6) is 0 Å². The molecule has 0 N–H and O–H groups in total. The normalized spacial score (nSPS) is 14.6. The van der Waals surface area contributed by atoms with E-state index >= 15 is 0 Å². The first kappa shape index (κ1) is 23.1. The smallest absolute Gasteiger partial charge is 0.195 e. The van der Waals surface area contributed by atoms with Crippen LogP contribution in [0.25, 0.3) is 0 Å². The van der Waals surface area contributed by atoms with Crippen LogP contribution in [0.15, 0.2) is 12.2 Å². The van der Waals surface area contributed by atoms with Crippen molar-refractivity contribution in [3.05, 3.63) is 12.2 Å². The van der Waals surface area contributed by atoms with E-state index in [0.29, 0.717) is 18.9 Å². The lowest BCUT2D eigenvalue weighted by Gasteiger charge is -2.32. The van der Waals surface area contributed by atoms with Crippen molar-refractivity contribution >= 4 is 0 Å². The van der Waals surface area contributed by atoms with Gasteiger partial charge in [0.15, 0.2) is 0 Å². The van der Waals surface area contributed by atoms with Gasteiger partial charge in [-0.3, -0.25) is 0 Å². The van der Waals surface area contributed by atoms with Crippen molar-refractivity contribution in [1.29, 1.82) is 0 Å². The van der Waals surface area contributed by atoms with Crippen molar-refractivity contribution < 1.29 is 39.5 Å². The van der Waals surface area contributed by atoms with Gasteiger partial charge >= 0.3 is 23.9 Å². The number of allylic oxidation sites excluding steroid dienone is 2. The maximum absolute atomic E-state index is 13.1. The summed E-state index contributed by atoms with van der Waals surface area (Å²) in [7, 11) is 0. The summed E-state index contributed by atoms with van der Waals surface area (Å²) in [6.07, 6.45) is -1.05. The van der Waals surface area contributed by atoms with Crippen molar-refractivity contribution in [2.45, 2.75) is 82.2 Å². The number of rotatable bonds is 11. The Morgan fingerprint density at radius 3 is 1.54 bits per heavy atom. The Labute approximate surface area is 135 Å². The van der Waals surface area contributed by atoms with E-state index in [1.165, 1.54) is 0 Å². The lowest BCUT2D eigenvalue weighted by atomic mass is 10.0. The average molecular weight is 372 g/mol. The Kier molecular flexibility index (Phi) is 8.65. The van der Waals surface area contributed by atoms with E-state index in [1.54, 1.807) is 0 Å². The molecule has 0 aliphatic carbocycles. The van der Waals surface area contributed by atoms with Gasteiger partial charge in [-0.05, 0) is 18.9 Å². The third-order valence-corrected chi connectivity index (χ3v) is 3.47. The van der Waals surface area contributed by atoms with E-state index in [0.717, 1.165) is 32.1 Å². The predicted octanol–water partition coefficient (Wildman–Crippen LogP) is 7.15. The van der Waals surface area contributed by atoms with E-state index in [4.69, 9.17) is 0 Å². The summed E-state index contributed by atoms with van der Waals surface area (Å²) < 4.78 is 113. The molecule has 0 saturated heterocycles. The monoisotopic (exact) mass is 372 g/mol. The van der Waals surface area contributed by atoms with E-state index < -0.39 is 30.0 Å². The molecule has 0 nitrogen and oxygen atoms in total. The zero-order chi connectivity index (χ0) is 19.1. The second-order valence-electron chi connectivity index (χ2n) is 5.58. The van der Waals surface area contributed by atoms with Crippen LogP contribution in [0.1, 0.15) is 58.3 Å². The van der Waals surface area contributed by atoms with Gasteiger partial charge in [0, 0.05) is 0 Å². The Morgan fingerprint density at radius 1 is 0.625 bits per heavy atom. The molecule has 0 atom stereocenters. The van der Waals surface area contributed by atoms with Crippen molar-refractivity contribution in [3.8, 4) is 0 Å². The van der Waals surface area contributed by atoms with Crippen LogP contribution in [0.4, 0.5) is 39.5 Å². The molecule has 0 radical (unpaired) electrons. The molecule has 0 aromatic rings. The first-order chi connectivity index (χ1) is 10.8. The Hall–Kier alpha value is -0.890. The zero-order valence-electron chi connectivity index (χ0n) is 13.2. The van der Waals surface area contributed by atoms with Crippen molar-refractivity contribution in [2.75, 3.05) is 0 Å². The highest BCUT2D eigenvalue weighted by molar-refractivity contribution is 5.10. The molecule has 144 valence electrons. The van der Waals surface area contributed by atoms with Gasteiger partial charge in [-0.25, -0.2) is 0 Å². The quantitative estimate of drug-likeness (QED) is 0.205. The maximum atomic E-state index is 13.1. The maximum Gasteiger partial charge on any atom is 0.460 e.